The molecule has 0 aromatic carbocycles. The molecule has 4 rings (SSSR count). The van der Waals surface area contributed by atoms with E-state index in [9.17, 15) is 4.79 Å². The zero-order chi connectivity index (χ0) is 18.8. The average molecular weight is 385 g/mol. The van der Waals surface area contributed by atoms with Gasteiger partial charge < -0.3 is 4.74 Å². The average Bonchev–Trinajstić information content (AvgIpc) is 3.27. The lowest BCUT2D eigenvalue weighted by Gasteiger charge is -2.18. The highest BCUT2D eigenvalue weighted by Crippen LogP contribution is 2.35. The quantitative estimate of drug-likeness (QED) is 0.712. The zero-order valence-electron chi connectivity index (χ0n) is 15.6. The Labute approximate surface area is 161 Å². The van der Waals surface area contributed by atoms with Gasteiger partial charge in [0.1, 0.15) is 10.7 Å². The lowest BCUT2D eigenvalue weighted by Crippen LogP contribution is -2.15. The van der Waals surface area contributed by atoms with Crippen molar-refractivity contribution in [2.24, 2.45) is 0 Å². The number of imidazole rings is 1. The normalized spacial score (nSPS) is 15.2. The molecule has 0 aliphatic heterocycles. The zero-order valence-corrected chi connectivity index (χ0v) is 16.4. The van der Waals surface area contributed by atoms with Gasteiger partial charge in [0.2, 0.25) is 5.13 Å². The molecule has 1 fully saturated rings. The molecular formula is C19H23N5O2S. The molecule has 3 aromatic rings. The van der Waals surface area contributed by atoms with Gasteiger partial charge in [0.15, 0.2) is 11.4 Å². The van der Waals surface area contributed by atoms with Crippen LogP contribution in [-0.4, -0.2) is 32.1 Å². The Bertz CT molecular complexity index is 958. The molecule has 0 bridgehead atoms. The first-order chi connectivity index (χ1) is 13.2. The Balaban J connectivity index is 1.57. The van der Waals surface area contributed by atoms with Crippen molar-refractivity contribution in [1.82, 2.24) is 19.6 Å². The van der Waals surface area contributed by atoms with E-state index in [1.165, 1.54) is 30.6 Å². The minimum Gasteiger partial charge on any atom is -0.490 e. The number of nitrogens with one attached hydrogen (secondary N) is 1. The molecule has 3 aromatic heterocycles. The lowest BCUT2D eigenvalue weighted by atomic mass is 9.90. The van der Waals surface area contributed by atoms with Gasteiger partial charge in [0, 0.05) is 12.1 Å². The highest BCUT2D eigenvalue weighted by molar-refractivity contribution is 7.15. The molecule has 142 valence electrons. The van der Waals surface area contributed by atoms with E-state index in [-0.39, 0.29) is 5.91 Å². The number of amides is 1. The van der Waals surface area contributed by atoms with Crippen LogP contribution in [0.3, 0.4) is 0 Å². The molecule has 0 atom stereocenters. The van der Waals surface area contributed by atoms with Crippen LogP contribution >= 0.6 is 11.3 Å². The number of carbonyl (C=O) groups excluding carboxylic acids is 1. The van der Waals surface area contributed by atoms with Crippen LogP contribution in [0.5, 0.6) is 5.75 Å². The van der Waals surface area contributed by atoms with Crippen molar-refractivity contribution in [3.8, 4) is 5.75 Å². The third-order valence-electron chi connectivity index (χ3n) is 4.92. The number of fused-ring (bicyclic) bond motifs is 1. The van der Waals surface area contributed by atoms with Crippen molar-refractivity contribution in [3.05, 3.63) is 34.7 Å². The summed E-state index contributed by atoms with van der Waals surface area (Å²) in [7, 11) is 0. The van der Waals surface area contributed by atoms with Crippen LogP contribution < -0.4 is 10.1 Å². The predicted octanol–water partition coefficient (Wildman–Crippen LogP) is 4.19. The molecule has 0 radical (unpaired) electrons. The van der Waals surface area contributed by atoms with Gasteiger partial charge in [0.05, 0.1) is 12.3 Å². The molecule has 3 heterocycles. The van der Waals surface area contributed by atoms with Crippen molar-refractivity contribution in [2.45, 2.75) is 51.9 Å². The molecule has 1 aliphatic rings. The summed E-state index contributed by atoms with van der Waals surface area (Å²) >= 11 is 1.48. The number of hydrogen-bond acceptors (Lipinski definition) is 6. The van der Waals surface area contributed by atoms with E-state index < -0.39 is 0 Å². The van der Waals surface area contributed by atoms with Crippen molar-refractivity contribution in [3.63, 3.8) is 0 Å². The molecule has 0 unspecified atom stereocenters. The Morgan fingerprint density at radius 3 is 2.93 bits per heavy atom. The minimum absolute atomic E-state index is 0.236. The number of aryl methyl sites for hydroxylation is 1. The first-order valence-electron chi connectivity index (χ1n) is 9.42. The lowest BCUT2D eigenvalue weighted by molar-refractivity contribution is 0.102. The van der Waals surface area contributed by atoms with Crippen molar-refractivity contribution < 1.29 is 9.53 Å². The van der Waals surface area contributed by atoms with Crippen LogP contribution in [0, 0.1) is 6.92 Å². The fourth-order valence-corrected chi connectivity index (χ4v) is 4.56. The van der Waals surface area contributed by atoms with Crippen LogP contribution in [0.25, 0.3) is 5.65 Å². The van der Waals surface area contributed by atoms with Gasteiger partial charge in [-0.3, -0.25) is 14.5 Å². The molecule has 1 aliphatic carbocycles. The first kappa shape index (κ1) is 17.9. The van der Waals surface area contributed by atoms with Gasteiger partial charge in [-0.15, -0.1) is 10.2 Å². The van der Waals surface area contributed by atoms with Gasteiger partial charge in [-0.1, -0.05) is 30.6 Å². The molecule has 7 nitrogen and oxygen atoms in total. The summed E-state index contributed by atoms with van der Waals surface area (Å²) in [4.78, 5) is 17.4. The number of anilines is 1. The van der Waals surface area contributed by atoms with Gasteiger partial charge in [0.25, 0.3) is 5.91 Å². The number of pyridine rings is 1. The highest BCUT2D eigenvalue weighted by Gasteiger charge is 2.22. The van der Waals surface area contributed by atoms with Gasteiger partial charge in [-0.2, -0.15) is 0 Å². The summed E-state index contributed by atoms with van der Waals surface area (Å²) < 4.78 is 7.38. The summed E-state index contributed by atoms with van der Waals surface area (Å²) in [6, 6.07) is 3.70. The largest absolute Gasteiger partial charge is 0.490 e. The van der Waals surface area contributed by atoms with E-state index in [0.29, 0.717) is 40.4 Å². The summed E-state index contributed by atoms with van der Waals surface area (Å²) in [6.07, 6.45) is 7.94. The van der Waals surface area contributed by atoms with E-state index in [0.717, 1.165) is 17.8 Å². The Morgan fingerprint density at radius 1 is 1.33 bits per heavy atom. The van der Waals surface area contributed by atoms with Crippen molar-refractivity contribution in [1.29, 1.82) is 0 Å². The maximum Gasteiger partial charge on any atom is 0.276 e. The smallest absolute Gasteiger partial charge is 0.276 e. The topological polar surface area (TPSA) is 81.4 Å². The van der Waals surface area contributed by atoms with Crippen LogP contribution in [0.4, 0.5) is 5.13 Å². The van der Waals surface area contributed by atoms with E-state index in [4.69, 9.17) is 4.74 Å². The fourth-order valence-electron chi connectivity index (χ4n) is 3.65. The van der Waals surface area contributed by atoms with Crippen LogP contribution in [-0.2, 0) is 0 Å². The molecule has 1 amide bonds. The third-order valence-corrected chi connectivity index (χ3v) is 5.92. The molecule has 0 saturated heterocycles. The van der Waals surface area contributed by atoms with Crippen LogP contribution in [0.15, 0.2) is 18.3 Å². The van der Waals surface area contributed by atoms with Gasteiger partial charge in [-0.05, 0) is 38.8 Å². The van der Waals surface area contributed by atoms with E-state index in [1.807, 2.05) is 32.2 Å². The van der Waals surface area contributed by atoms with Gasteiger partial charge in [-0.25, -0.2) is 4.98 Å². The second-order valence-electron chi connectivity index (χ2n) is 6.78. The molecular weight excluding hydrogens is 362 g/mol. The van der Waals surface area contributed by atoms with Crippen molar-refractivity contribution >= 4 is 28.0 Å². The first-order valence-corrected chi connectivity index (χ1v) is 10.2. The minimum atomic E-state index is -0.236. The Morgan fingerprint density at radius 2 is 2.15 bits per heavy atom. The number of rotatable bonds is 5. The summed E-state index contributed by atoms with van der Waals surface area (Å²) in [6.45, 7) is 4.29. The molecule has 1 N–H and O–H groups in total. The van der Waals surface area contributed by atoms with Crippen LogP contribution in [0.1, 0.15) is 66.1 Å². The number of ether oxygens (including phenoxy) is 1. The third kappa shape index (κ3) is 3.53. The van der Waals surface area contributed by atoms with Gasteiger partial charge >= 0.3 is 0 Å². The molecule has 8 heteroatoms. The standard InChI is InChI=1S/C19H23N5O2S/c1-3-26-14-10-7-11-24-15(12(2)20-16(14)24)17(25)21-19-23-22-18(27-19)13-8-5-4-6-9-13/h7,10-11,13H,3-6,8-9H2,1-2H3,(H,21,23,25). The summed E-state index contributed by atoms with van der Waals surface area (Å²) in [5.41, 5.74) is 1.78. The Kier molecular flexibility index (Phi) is 5.07. The maximum absolute atomic E-state index is 12.9. The number of hydrogen-bond donors (Lipinski definition) is 1. The Hall–Kier alpha value is -2.48. The molecule has 0 spiro atoms. The number of aromatic nitrogens is 4. The predicted molar refractivity (Wildman–Crippen MR) is 105 cm³/mol. The van der Waals surface area contributed by atoms with E-state index >= 15 is 0 Å². The second kappa shape index (κ2) is 7.64. The van der Waals surface area contributed by atoms with Crippen LogP contribution in [0.2, 0.25) is 0 Å². The summed E-state index contributed by atoms with van der Waals surface area (Å²) in [5, 5.41) is 12.9. The molecule has 27 heavy (non-hydrogen) atoms. The SMILES string of the molecule is CCOc1cccn2c(C(=O)Nc3nnc(C4CCCCC4)s3)c(C)nc12. The highest BCUT2D eigenvalue weighted by atomic mass is 32.1. The molecule has 1 saturated carbocycles. The maximum atomic E-state index is 12.9. The fraction of sp³-hybridized carbons (Fsp3) is 0.474. The number of carbonyl (C=O) groups is 1. The summed E-state index contributed by atoms with van der Waals surface area (Å²) in [5.74, 6) is 0.908. The van der Waals surface area contributed by atoms with Crippen molar-refractivity contribution in [2.75, 3.05) is 11.9 Å². The van der Waals surface area contributed by atoms with E-state index in [1.54, 1.807) is 4.40 Å². The van der Waals surface area contributed by atoms with E-state index in [2.05, 4.69) is 20.5 Å². The number of nitrogens with zero attached hydrogens (tertiary/aromatic N) is 4. The second-order valence-corrected chi connectivity index (χ2v) is 7.79. The monoisotopic (exact) mass is 385 g/mol.